The molecular weight excluding hydrogens is 234 g/mol. The Morgan fingerprint density at radius 2 is 2.15 bits per heavy atom. The van der Waals surface area contributed by atoms with E-state index in [1.54, 1.807) is 25.2 Å². The quantitative estimate of drug-likeness (QED) is 0.735. The summed E-state index contributed by atoms with van der Waals surface area (Å²) in [7, 11) is 1.57. The van der Waals surface area contributed by atoms with Crippen molar-refractivity contribution in [1.29, 1.82) is 0 Å². The highest BCUT2D eigenvalue weighted by molar-refractivity contribution is 9.10. The average molecular weight is 244 g/mol. The zero-order valence-corrected chi connectivity index (χ0v) is 8.71. The molecule has 2 amide bonds. The Bertz CT molecular complexity index is 340. The first-order valence-corrected chi connectivity index (χ1v) is 4.40. The SMILES string of the molecule is CN(C(N)=O)c1ccc(Br)cc1N. The minimum atomic E-state index is -0.533. The summed E-state index contributed by atoms with van der Waals surface area (Å²) in [5.74, 6) is 0. The number of anilines is 2. The number of nitrogens with zero attached hydrogens (tertiary/aromatic N) is 1. The lowest BCUT2D eigenvalue weighted by Gasteiger charge is -2.16. The van der Waals surface area contributed by atoms with Gasteiger partial charge in [0, 0.05) is 11.5 Å². The third-order valence-corrected chi connectivity index (χ3v) is 2.17. The maximum absolute atomic E-state index is 10.8. The van der Waals surface area contributed by atoms with Crippen LogP contribution in [0, 0.1) is 0 Å². The van der Waals surface area contributed by atoms with Crippen molar-refractivity contribution in [3.8, 4) is 0 Å². The van der Waals surface area contributed by atoms with Gasteiger partial charge in [0.2, 0.25) is 0 Å². The summed E-state index contributed by atoms with van der Waals surface area (Å²) in [5, 5.41) is 0. The highest BCUT2D eigenvalue weighted by atomic mass is 79.9. The summed E-state index contributed by atoms with van der Waals surface area (Å²) in [4.78, 5) is 12.1. The summed E-state index contributed by atoms with van der Waals surface area (Å²) < 4.78 is 0.867. The van der Waals surface area contributed by atoms with Crippen LogP contribution in [-0.2, 0) is 0 Å². The van der Waals surface area contributed by atoms with E-state index in [9.17, 15) is 4.79 Å². The zero-order valence-electron chi connectivity index (χ0n) is 7.12. The fourth-order valence-electron chi connectivity index (χ4n) is 0.950. The van der Waals surface area contributed by atoms with Gasteiger partial charge in [-0.3, -0.25) is 4.90 Å². The smallest absolute Gasteiger partial charge is 0.319 e. The van der Waals surface area contributed by atoms with Crippen LogP contribution in [0.5, 0.6) is 0 Å². The predicted octanol–water partition coefficient (Wildman–Crippen LogP) is 1.55. The Hall–Kier alpha value is -1.23. The molecule has 1 aromatic rings. The van der Waals surface area contributed by atoms with Crippen molar-refractivity contribution in [3.63, 3.8) is 0 Å². The number of urea groups is 1. The normalized spacial score (nSPS) is 9.69. The van der Waals surface area contributed by atoms with Gasteiger partial charge in [0.05, 0.1) is 11.4 Å². The molecule has 4 N–H and O–H groups in total. The summed E-state index contributed by atoms with van der Waals surface area (Å²) >= 11 is 3.27. The Morgan fingerprint density at radius 3 is 2.62 bits per heavy atom. The van der Waals surface area contributed by atoms with E-state index < -0.39 is 6.03 Å². The lowest BCUT2D eigenvalue weighted by molar-refractivity contribution is 0.255. The lowest BCUT2D eigenvalue weighted by Crippen LogP contribution is -2.32. The molecule has 0 aliphatic rings. The summed E-state index contributed by atoms with van der Waals surface area (Å²) in [6, 6.07) is 4.71. The van der Waals surface area contributed by atoms with Crippen LogP contribution in [-0.4, -0.2) is 13.1 Å². The molecule has 0 saturated carbocycles. The Balaban J connectivity index is 3.08. The van der Waals surface area contributed by atoms with Crippen LogP contribution < -0.4 is 16.4 Å². The standard InChI is InChI=1S/C8H10BrN3O/c1-12(8(11)13)7-3-2-5(9)4-6(7)10/h2-4H,10H2,1H3,(H2,11,13). The van der Waals surface area contributed by atoms with Crippen LogP contribution in [0.3, 0.4) is 0 Å². The molecule has 0 fully saturated rings. The molecule has 0 spiro atoms. The molecule has 1 aromatic carbocycles. The molecule has 0 heterocycles. The van der Waals surface area contributed by atoms with Crippen molar-refractivity contribution in [2.24, 2.45) is 5.73 Å². The maximum atomic E-state index is 10.8. The number of benzene rings is 1. The number of nitrogens with two attached hydrogens (primary N) is 2. The first-order valence-electron chi connectivity index (χ1n) is 3.60. The number of carbonyl (C=O) groups is 1. The number of hydrogen-bond acceptors (Lipinski definition) is 2. The van der Waals surface area contributed by atoms with Crippen molar-refractivity contribution < 1.29 is 4.79 Å². The van der Waals surface area contributed by atoms with Crippen molar-refractivity contribution in [3.05, 3.63) is 22.7 Å². The summed E-state index contributed by atoms with van der Waals surface area (Å²) in [6.45, 7) is 0. The fourth-order valence-corrected chi connectivity index (χ4v) is 1.33. The maximum Gasteiger partial charge on any atom is 0.319 e. The molecular formula is C8H10BrN3O. The third-order valence-electron chi connectivity index (χ3n) is 1.68. The minimum absolute atomic E-state index is 0.510. The molecule has 0 aromatic heterocycles. The topological polar surface area (TPSA) is 72.3 Å². The van der Waals surface area contributed by atoms with E-state index in [0.29, 0.717) is 11.4 Å². The highest BCUT2D eigenvalue weighted by Gasteiger charge is 2.09. The number of nitrogen functional groups attached to an aromatic ring is 1. The summed E-state index contributed by atoms with van der Waals surface area (Å²) in [6.07, 6.45) is 0. The summed E-state index contributed by atoms with van der Waals surface area (Å²) in [5.41, 5.74) is 11.9. The monoisotopic (exact) mass is 243 g/mol. The average Bonchev–Trinajstić information content (AvgIpc) is 2.03. The van der Waals surface area contributed by atoms with E-state index in [4.69, 9.17) is 11.5 Å². The van der Waals surface area contributed by atoms with Crippen molar-refractivity contribution in [2.75, 3.05) is 17.7 Å². The molecule has 0 aliphatic heterocycles. The Kier molecular flexibility index (Phi) is 2.77. The minimum Gasteiger partial charge on any atom is -0.397 e. The second-order valence-electron chi connectivity index (χ2n) is 2.60. The lowest BCUT2D eigenvalue weighted by atomic mass is 10.2. The van der Waals surface area contributed by atoms with Crippen LogP contribution in [0.1, 0.15) is 0 Å². The second-order valence-corrected chi connectivity index (χ2v) is 3.52. The van der Waals surface area contributed by atoms with Gasteiger partial charge >= 0.3 is 6.03 Å². The van der Waals surface area contributed by atoms with Gasteiger partial charge in [-0.1, -0.05) is 15.9 Å². The Labute approximate surface area is 84.6 Å². The number of carbonyl (C=O) groups excluding carboxylic acids is 1. The van der Waals surface area contributed by atoms with Gasteiger partial charge in [-0.25, -0.2) is 4.79 Å². The van der Waals surface area contributed by atoms with Gasteiger partial charge in [-0.2, -0.15) is 0 Å². The molecule has 0 aliphatic carbocycles. The number of primary amides is 1. The molecule has 0 radical (unpaired) electrons. The van der Waals surface area contributed by atoms with Gasteiger partial charge in [0.25, 0.3) is 0 Å². The number of rotatable bonds is 1. The van der Waals surface area contributed by atoms with Gasteiger partial charge in [-0.15, -0.1) is 0 Å². The predicted molar refractivity (Wildman–Crippen MR) is 56.5 cm³/mol. The second kappa shape index (κ2) is 3.66. The van der Waals surface area contributed by atoms with Gasteiger partial charge in [0.1, 0.15) is 0 Å². The molecule has 0 unspecified atom stereocenters. The fraction of sp³-hybridized carbons (Fsp3) is 0.125. The van der Waals surface area contributed by atoms with E-state index in [2.05, 4.69) is 15.9 Å². The van der Waals surface area contributed by atoms with E-state index in [-0.39, 0.29) is 0 Å². The van der Waals surface area contributed by atoms with Crippen molar-refractivity contribution in [2.45, 2.75) is 0 Å². The molecule has 1 rings (SSSR count). The van der Waals surface area contributed by atoms with E-state index in [0.717, 1.165) is 4.47 Å². The largest absolute Gasteiger partial charge is 0.397 e. The number of hydrogen-bond donors (Lipinski definition) is 2. The first kappa shape index (κ1) is 9.85. The number of halogens is 1. The van der Waals surface area contributed by atoms with Crippen LogP contribution in [0.15, 0.2) is 22.7 Å². The van der Waals surface area contributed by atoms with Crippen molar-refractivity contribution in [1.82, 2.24) is 0 Å². The van der Waals surface area contributed by atoms with Gasteiger partial charge in [-0.05, 0) is 18.2 Å². The third kappa shape index (κ3) is 2.12. The van der Waals surface area contributed by atoms with E-state index >= 15 is 0 Å². The van der Waals surface area contributed by atoms with E-state index in [1.807, 2.05) is 0 Å². The number of amides is 2. The van der Waals surface area contributed by atoms with Crippen LogP contribution in [0.25, 0.3) is 0 Å². The molecule has 0 bridgehead atoms. The highest BCUT2D eigenvalue weighted by Crippen LogP contribution is 2.25. The molecule has 70 valence electrons. The zero-order chi connectivity index (χ0) is 10.0. The van der Waals surface area contributed by atoms with Crippen molar-refractivity contribution >= 4 is 33.3 Å². The Morgan fingerprint density at radius 1 is 1.54 bits per heavy atom. The van der Waals surface area contributed by atoms with Gasteiger partial charge < -0.3 is 11.5 Å². The van der Waals surface area contributed by atoms with Crippen LogP contribution in [0.4, 0.5) is 16.2 Å². The van der Waals surface area contributed by atoms with Crippen LogP contribution in [0.2, 0.25) is 0 Å². The van der Waals surface area contributed by atoms with Gasteiger partial charge in [0.15, 0.2) is 0 Å². The molecule has 0 saturated heterocycles. The van der Waals surface area contributed by atoms with Crippen LogP contribution >= 0.6 is 15.9 Å². The first-order chi connectivity index (χ1) is 6.02. The molecule has 0 atom stereocenters. The molecule has 4 nitrogen and oxygen atoms in total. The molecule has 13 heavy (non-hydrogen) atoms. The van der Waals surface area contributed by atoms with E-state index in [1.165, 1.54) is 4.90 Å². The molecule has 5 heteroatoms.